The summed E-state index contributed by atoms with van der Waals surface area (Å²) in [6, 6.07) is 1.97. The molecule has 0 spiro atoms. The van der Waals surface area contributed by atoms with Crippen LogP contribution in [0.1, 0.15) is 18.1 Å². The molecule has 0 aliphatic rings. The summed E-state index contributed by atoms with van der Waals surface area (Å²) in [5.41, 5.74) is 2.05. The van der Waals surface area contributed by atoms with E-state index in [1.165, 1.54) is 0 Å². The molecule has 3 heteroatoms. The van der Waals surface area contributed by atoms with Crippen molar-refractivity contribution in [3.05, 3.63) is 20.8 Å². The van der Waals surface area contributed by atoms with Gasteiger partial charge in [-0.15, -0.1) is 0 Å². The molecule has 0 heterocycles. The highest BCUT2D eigenvalue weighted by Crippen LogP contribution is 2.35. The molecule has 1 aromatic rings. The Hall–Kier alpha value is -0.450. The second kappa shape index (κ2) is 4.17. The van der Waals surface area contributed by atoms with E-state index in [0.717, 1.165) is 26.9 Å². The molecule has 0 saturated carbocycles. The quantitative estimate of drug-likeness (QED) is 0.849. The summed E-state index contributed by atoms with van der Waals surface area (Å²) in [5.74, 6) is 1.13. The lowest BCUT2D eigenvalue weighted by molar-refractivity contribution is 0.397. The summed E-state index contributed by atoms with van der Waals surface area (Å²) in [7, 11) is 1.63. The fourth-order valence-electron chi connectivity index (χ4n) is 1.30. The van der Waals surface area contributed by atoms with Crippen molar-refractivity contribution < 1.29 is 9.84 Å². The van der Waals surface area contributed by atoms with Crippen LogP contribution in [0.15, 0.2) is 6.07 Å². The van der Waals surface area contributed by atoms with Gasteiger partial charge in [-0.3, -0.25) is 0 Å². The molecular weight excluding hydrogens is 279 g/mol. The molecule has 0 aliphatic heterocycles. The van der Waals surface area contributed by atoms with Gasteiger partial charge in [0.25, 0.3) is 0 Å². The van der Waals surface area contributed by atoms with Gasteiger partial charge in [0.2, 0.25) is 0 Å². The van der Waals surface area contributed by atoms with E-state index in [2.05, 4.69) is 29.5 Å². The van der Waals surface area contributed by atoms with Gasteiger partial charge in [0.15, 0.2) is 0 Å². The van der Waals surface area contributed by atoms with E-state index in [4.69, 9.17) is 4.74 Å². The van der Waals surface area contributed by atoms with Crippen LogP contribution in [-0.2, 0) is 6.42 Å². The molecule has 0 saturated heterocycles. The Morgan fingerprint density at radius 1 is 1.54 bits per heavy atom. The number of aryl methyl sites for hydroxylation is 2. The third-order valence-electron chi connectivity index (χ3n) is 2.05. The minimum atomic E-state index is 0.328. The summed E-state index contributed by atoms with van der Waals surface area (Å²) in [6.07, 6.45) is 0.917. The largest absolute Gasteiger partial charge is 0.506 e. The number of aromatic hydroxyl groups is 1. The molecule has 0 amide bonds. The third kappa shape index (κ3) is 1.90. The first-order chi connectivity index (χ1) is 6.11. The van der Waals surface area contributed by atoms with Gasteiger partial charge in [0, 0.05) is 0 Å². The first-order valence-electron chi connectivity index (χ1n) is 4.16. The van der Waals surface area contributed by atoms with E-state index in [-0.39, 0.29) is 0 Å². The average Bonchev–Trinajstić information content (AvgIpc) is 2.13. The van der Waals surface area contributed by atoms with Gasteiger partial charge in [-0.1, -0.05) is 6.92 Å². The molecule has 0 unspecified atom stereocenters. The topological polar surface area (TPSA) is 29.5 Å². The maximum atomic E-state index is 9.65. The Morgan fingerprint density at radius 3 is 2.62 bits per heavy atom. The standard InChI is InChI=1S/C10H13IO2/c1-4-7-5-6(2)9(12)8(11)10(7)13-3/h5,12H,4H2,1-3H3. The van der Waals surface area contributed by atoms with Gasteiger partial charge < -0.3 is 9.84 Å². The van der Waals surface area contributed by atoms with Crippen molar-refractivity contribution >= 4 is 22.6 Å². The molecule has 2 nitrogen and oxygen atoms in total. The minimum absolute atomic E-state index is 0.328. The van der Waals surface area contributed by atoms with Crippen LogP contribution in [0.3, 0.4) is 0 Å². The number of benzene rings is 1. The van der Waals surface area contributed by atoms with Crippen LogP contribution in [-0.4, -0.2) is 12.2 Å². The zero-order valence-corrected chi connectivity index (χ0v) is 10.2. The van der Waals surface area contributed by atoms with E-state index in [0.29, 0.717) is 5.75 Å². The fraction of sp³-hybridized carbons (Fsp3) is 0.400. The molecule has 1 rings (SSSR count). The number of hydrogen-bond donors (Lipinski definition) is 1. The normalized spacial score (nSPS) is 10.2. The first-order valence-corrected chi connectivity index (χ1v) is 5.24. The number of ether oxygens (including phenoxy) is 1. The molecule has 1 N–H and O–H groups in total. The highest BCUT2D eigenvalue weighted by molar-refractivity contribution is 14.1. The number of rotatable bonds is 2. The molecule has 72 valence electrons. The van der Waals surface area contributed by atoms with Gasteiger partial charge in [0.05, 0.1) is 10.7 Å². The van der Waals surface area contributed by atoms with Gasteiger partial charge in [-0.2, -0.15) is 0 Å². The zero-order chi connectivity index (χ0) is 10.0. The van der Waals surface area contributed by atoms with Crippen LogP contribution < -0.4 is 4.74 Å². The highest BCUT2D eigenvalue weighted by Gasteiger charge is 2.12. The highest BCUT2D eigenvalue weighted by atomic mass is 127. The molecule has 0 bridgehead atoms. The zero-order valence-electron chi connectivity index (χ0n) is 8.02. The van der Waals surface area contributed by atoms with Crippen molar-refractivity contribution in [2.24, 2.45) is 0 Å². The fourth-order valence-corrected chi connectivity index (χ4v) is 2.29. The Kier molecular flexibility index (Phi) is 3.41. The number of methoxy groups -OCH3 is 1. The van der Waals surface area contributed by atoms with Gasteiger partial charge in [-0.05, 0) is 53.1 Å². The van der Waals surface area contributed by atoms with E-state index in [1.54, 1.807) is 7.11 Å². The van der Waals surface area contributed by atoms with E-state index in [9.17, 15) is 5.11 Å². The molecule has 0 aromatic heterocycles. The molecule has 0 fully saturated rings. The van der Waals surface area contributed by atoms with Crippen molar-refractivity contribution in [3.8, 4) is 11.5 Å². The molecular formula is C10H13IO2. The van der Waals surface area contributed by atoms with Gasteiger partial charge in [0.1, 0.15) is 11.5 Å². The van der Waals surface area contributed by atoms with Crippen LogP contribution >= 0.6 is 22.6 Å². The van der Waals surface area contributed by atoms with Crippen LogP contribution in [0.5, 0.6) is 11.5 Å². The second-order valence-electron chi connectivity index (χ2n) is 2.90. The van der Waals surface area contributed by atoms with Crippen LogP contribution in [0.4, 0.5) is 0 Å². The predicted molar refractivity (Wildman–Crippen MR) is 61.5 cm³/mol. The van der Waals surface area contributed by atoms with Crippen molar-refractivity contribution in [3.63, 3.8) is 0 Å². The number of phenolic OH excluding ortho intramolecular Hbond substituents is 1. The lowest BCUT2D eigenvalue weighted by Gasteiger charge is -2.12. The Balaban J connectivity index is 3.39. The predicted octanol–water partition coefficient (Wildman–Crippen LogP) is 2.88. The molecule has 13 heavy (non-hydrogen) atoms. The van der Waals surface area contributed by atoms with Crippen molar-refractivity contribution in [1.29, 1.82) is 0 Å². The lowest BCUT2D eigenvalue weighted by atomic mass is 10.1. The smallest absolute Gasteiger partial charge is 0.139 e. The van der Waals surface area contributed by atoms with E-state index in [1.807, 2.05) is 13.0 Å². The van der Waals surface area contributed by atoms with Crippen molar-refractivity contribution in [1.82, 2.24) is 0 Å². The summed E-state index contributed by atoms with van der Waals surface area (Å²) >= 11 is 2.10. The lowest BCUT2D eigenvalue weighted by Crippen LogP contribution is -1.95. The first kappa shape index (κ1) is 10.6. The Morgan fingerprint density at radius 2 is 2.15 bits per heavy atom. The Bertz CT molecular complexity index is 321. The van der Waals surface area contributed by atoms with Crippen LogP contribution in [0.2, 0.25) is 0 Å². The SMILES string of the molecule is CCc1cc(C)c(O)c(I)c1OC. The van der Waals surface area contributed by atoms with Crippen LogP contribution in [0.25, 0.3) is 0 Å². The maximum absolute atomic E-state index is 9.65. The molecule has 0 aliphatic carbocycles. The summed E-state index contributed by atoms with van der Waals surface area (Å²) in [4.78, 5) is 0. The number of hydrogen-bond acceptors (Lipinski definition) is 2. The summed E-state index contributed by atoms with van der Waals surface area (Å²) in [5, 5.41) is 9.65. The van der Waals surface area contributed by atoms with E-state index >= 15 is 0 Å². The van der Waals surface area contributed by atoms with Crippen LogP contribution in [0, 0.1) is 10.5 Å². The monoisotopic (exact) mass is 292 g/mol. The number of phenols is 1. The second-order valence-corrected chi connectivity index (χ2v) is 3.98. The Labute approximate surface area is 92.1 Å². The van der Waals surface area contributed by atoms with Crippen molar-refractivity contribution in [2.45, 2.75) is 20.3 Å². The molecule has 1 aromatic carbocycles. The summed E-state index contributed by atoms with van der Waals surface area (Å²) < 4.78 is 6.04. The number of halogens is 1. The third-order valence-corrected chi connectivity index (χ3v) is 3.05. The molecule has 0 radical (unpaired) electrons. The van der Waals surface area contributed by atoms with Crippen molar-refractivity contribution in [2.75, 3.05) is 7.11 Å². The maximum Gasteiger partial charge on any atom is 0.139 e. The van der Waals surface area contributed by atoms with Gasteiger partial charge in [-0.25, -0.2) is 0 Å². The molecule has 0 atom stereocenters. The minimum Gasteiger partial charge on any atom is -0.506 e. The average molecular weight is 292 g/mol. The summed E-state index contributed by atoms with van der Waals surface area (Å²) in [6.45, 7) is 3.97. The van der Waals surface area contributed by atoms with E-state index < -0.39 is 0 Å². The van der Waals surface area contributed by atoms with Gasteiger partial charge >= 0.3 is 0 Å².